The Hall–Kier alpha value is -4.91. The Bertz CT molecular complexity index is 1340. The van der Waals surface area contributed by atoms with Gasteiger partial charge in [0.05, 0.1) is 48.6 Å². The van der Waals surface area contributed by atoms with Gasteiger partial charge in [0.25, 0.3) is 0 Å². The van der Waals surface area contributed by atoms with Crippen LogP contribution in [0.1, 0.15) is 11.5 Å². The number of rotatable bonds is 5. The second kappa shape index (κ2) is 9.30. The first-order valence-electron chi connectivity index (χ1n) is 10.0. The first-order valence-corrected chi connectivity index (χ1v) is 10.0. The summed E-state index contributed by atoms with van der Waals surface area (Å²) in [6, 6.07) is 17.6. The van der Waals surface area contributed by atoms with Crippen molar-refractivity contribution in [2.75, 3.05) is 19.1 Å². The fourth-order valence-electron chi connectivity index (χ4n) is 3.90. The third-order valence-electron chi connectivity index (χ3n) is 5.35. The molecule has 0 saturated carbocycles. The van der Waals surface area contributed by atoms with Crippen molar-refractivity contribution in [1.29, 1.82) is 5.26 Å². The maximum atomic E-state index is 13.2. The van der Waals surface area contributed by atoms with E-state index >= 15 is 0 Å². The van der Waals surface area contributed by atoms with Crippen molar-refractivity contribution in [3.8, 4) is 17.5 Å². The maximum absolute atomic E-state index is 13.2. The summed E-state index contributed by atoms with van der Waals surface area (Å²) in [6.45, 7) is 0. The molecule has 10 heteroatoms. The summed E-state index contributed by atoms with van der Waals surface area (Å²) >= 11 is 0. The van der Waals surface area contributed by atoms with E-state index in [-0.39, 0.29) is 28.6 Å². The molecule has 1 aromatic heterocycles. The van der Waals surface area contributed by atoms with E-state index in [1.165, 1.54) is 19.1 Å². The molecule has 1 aliphatic heterocycles. The van der Waals surface area contributed by atoms with Crippen LogP contribution in [0.5, 0.6) is 0 Å². The number of para-hydroxylation sites is 1. The smallest absolute Gasteiger partial charge is 0.355 e. The number of carbonyl (C=O) groups is 2. The number of nitriles is 1. The van der Waals surface area contributed by atoms with Gasteiger partial charge < -0.3 is 19.6 Å². The molecule has 1 atom stereocenters. The number of ether oxygens (including phenoxy) is 2. The first-order chi connectivity index (χ1) is 16.5. The number of methoxy groups -OCH3 is 2. The van der Waals surface area contributed by atoms with Crippen molar-refractivity contribution in [2.45, 2.75) is 5.92 Å². The predicted molar refractivity (Wildman–Crippen MR) is 119 cm³/mol. The summed E-state index contributed by atoms with van der Waals surface area (Å²) in [5.74, 6) is -2.52. The van der Waals surface area contributed by atoms with Crippen molar-refractivity contribution in [1.82, 2.24) is 10.2 Å². The lowest BCUT2D eigenvalue weighted by molar-refractivity contribution is -0.139. The average molecular weight is 457 g/mol. The van der Waals surface area contributed by atoms with Gasteiger partial charge in [-0.25, -0.2) is 9.59 Å². The Morgan fingerprint density at radius 3 is 2.35 bits per heavy atom. The summed E-state index contributed by atoms with van der Waals surface area (Å²) in [6.07, 6.45) is 1.16. The normalized spacial score (nSPS) is 15.7. The Labute approximate surface area is 194 Å². The molecule has 3 aromatic rings. The summed E-state index contributed by atoms with van der Waals surface area (Å²) in [4.78, 5) is 27.6. The number of nitrogens with two attached hydrogens (primary N) is 1. The molecule has 0 saturated heterocycles. The zero-order chi connectivity index (χ0) is 24.2. The number of carbonyl (C=O) groups excluding carboxylic acids is 2. The molecule has 0 amide bonds. The van der Waals surface area contributed by atoms with Gasteiger partial charge in [-0.15, -0.1) is 10.2 Å². The molecule has 4 rings (SSSR count). The molecule has 2 aromatic carbocycles. The molecule has 170 valence electrons. The Morgan fingerprint density at radius 1 is 1.06 bits per heavy atom. The highest BCUT2D eigenvalue weighted by Crippen LogP contribution is 2.45. The zero-order valence-corrected chi connectivity index (χ0v) is 18.3. The number of esters is 2. The molecule has 0 bridgehead atoms. The van der Waals surface area contributed by atoms with Crippen LogP contribution >= 0.6 is 0 Å². The zero-order valence-electron chi connectivity index (χ0n) is 18.3. The maximum Gasteiger partial charge on any atom is 0.355 e. The van der Waals surface area contributed by atoms with Gasteiger partial charge in [0.15, 0.2) is 0 Å². The van der Waals surface area contributed by atoms with Crippen LogP contribution in [-0.2, 0) is 19.1 Å². The van der Waals surface area contributed by atoms with Crippen LogP contribution in [0.2, 0.25) is 0 Å². The van der Waals surface area contributed by atoms with E-state index in [4.69, 9.17) is 19.6 Å². The Kier molecular flexibility index (Phi) is 6.09. The second-order valence-electron chi connectivity index (χ2n) is 7.10. The molecule has 0 spiro atoms. The average Bonchev–Trinajstić information content (AvgIpc) is 3.42. The van der Waals surface area contributed by atoms with Crippen LogP contribution in [0.25, 0.3) is 11.5 Å². The summed E-state index contributed by atoms with van der Waals surface area (Å²) in [5.41, 5.74) is 7.62. The molecule has 0 radical (unpaired) electrons. The number of hydrogen-bond donors (Lipinski definition) is 1. The molecule has 0 aliphatic carbocycles. The van der Waals surface area contributed by atoms with Gasteiger partial charge in [-0.05, 0) is 17.7 Å². The molecular formula is C24H19N5O5. The standard InChI is InChI=1S/C24H19N5O5/c1-32-23(30)19-18(14-8-4-3-5-9-14)16(12-25)21(26)29(20(19)24(31)33-2)17-11-7-6-10-15(17)22-28-27-13-34-22/h3-11,13,18H,26H2,1-2H3. The van der Waals surface area contributed by atoms with Crippen LogP contribution in [0.3, 0.4) is 0 Å². The van der Waals surface area contributed by atoms with Crippen LogP contribution in [-0.4, -0.2) is 36.4 Å². The van der Waals surface area contributed by atoms with Crippen molar-refractivity contribution in [2.24, 2.45) is 5.73 Å². The molecule has 1 unspecified atom stereocenters. The first kappa shape index (κ1) is 22.3. The van der Waals surface area contributed by atoms with E-state index in [9.17, 15) is 14.9 Å². The minimum Gasteiger partial charge on any atom is -0.466 e. The minimum absolute atomic E-state index is 0.0552. The molecule has 1 aliphatic rings. The van der Waals surface area contributed by atoms with E-state index in [1.54, 1.807) is 54.6 Å². The predicted octanol–water partition coefficient (Wildman–Crippen LogP) is 2.63. The van der Waals surface area contributed by atoms with Crippen LogP contribution in [0, 0.1) is 11.3 Å². The lowest BCUT2D eigenvalue weighted by Crippen LogP contribution is -2.41. The Balaban J connectivity index is 2.09. The number of anilines is 1. The van der Waals surface area contributed by atoms with Gasteiger partial charge >= 0.3 is 11.9 Å². The molecule has 34 heavy (non-hydrogen) atoms. The largest absolute Gasteiger partial charge is 0.466 e. The number of benzene rings is 2. The van der Waals surface area contributed by atoms with Crippen molar-refractivity contribution in [3.05, 3.63) is 89.2 Å². The Morgan fingerprint density at radius 2 is 1.74 bits per heavy atom. The highest BCUT2D eigenvalue weighted by Gasteiger charge is 2.43. The number of aromatic nitrogens is 2. The third-order valence-corrected chi connectivity index (χ3v) is 5.35. The highest BCUT2D eigenvalue weighted by atomic mass is 16.5. The van der Waals surface area contributed by atoms with Gasteiger partial charge in [0.1, 0.15) is 11.5 Å². The van der Waals surface area contributed by atoms with Crippen LogP contribution in [0.15, 0.2) is 88.1 Å². The fourth-order valence-corrected chi connectivity index (χ4v) is 3.90. The van der Waals surface area contributed by atoms with Gasteiger partial charge in [0.2, 0.25) is 12.3 Å². The fraction of sp³-hybridized carbons (Fsp3) is 0.125. The summed E-state index contributed by atoms with van der Waals surface area (Å²) in [7, 11) is 2.38. The van der Waals surface area contributed by atoms with Crippen molar-refractivity contribution >= 4 is 17.6 Å². The molecule has 0 fully saturated rings. The van der Waals surface area contributed by atoms with E-state index in [1.807, 2.05) is 0 Å². The lowest BCUT2D eigenvalue weighted by atomic mass is 9.80. The number of allylic oxidation sites excluding steroid dienone is 1. The monoisotopic (exact) mass is 457 g/mol. The summed E-state index contributed by atoms with van der Waals surface area (Å²) < 4.78 is 15.4. The van der Waals surface area contributed by atoms with Gasteiger partial charge in [-0.1, -0.05) is 42.5 Å². The SMILES string of the molecule is COC(=O)C1=C(C(=O)OC)N(c2ccccc2-c2nnco2)C(N)=C(C#N)C1c1ccccc1. The lowest BCUT2D eigenvalue weighted by Gasteiger charge is -2.36. The van der Waals surface area contributed by atoms with Gasteiger partial charge in [-0.3, -0.25) is 4.90 Å². The van der Waals surface area contributed by atoms with E-state index < -0.39 is 17.9 Å². The van der Waals surface area contributed by atoms with Crippen molar-refractivity contribution in [3.63, 3.8) is 0 Å². The van der Waals surface area contributed by atoms with E-state index in [0.29, 0.717) is 16.8 Å². The molecular weight excluding hydrogens is 438 g/mol. The molecule has 2 N–H and O–H groups in total. The van der Waals surface area contributed by atoms with Gasteiger partial charge in [0, 0.05) is 0 Å². The highest BCUT2D eigenvalue weighted by molar-refractivity contribution is 6.07. The van der Waals surface area contributed by atoms with Crippen molar-refractivity contribution < 1.29 is 23.5 Å². The van der Waals surface area contributed by atoms with E-state index in [0.717, 1.165) is 6.39 Å². The number of hydrogen-bond acceptors (Lipinski definition) is 10. The minimum atomic E-state index is -0.959. The van der Waals surface area contributed by atoms with Crippen LogP contribution in [0.4, 0.5) is 5.69 Å². The quantitative estimate of drug-likeness (QED) is 0.568. The van der Waals surface area contributed by atoms with Gasteiger partial charge in [-0.2, -0.15) is 5.26 Å². The van der Waals surface area contributed by atoms with Crippen LogP contribution < -0.4 is 10.6 Å². The summed E-state index contributed by atoms with van der Waals surface area (Å²) in [5, 5.41) is 17.8. The number of nitrogens with zero attached hydrogens (tertiary/aromatic N) is 4. The second-order valence-corrected chi connectivity index (χ2v) is 7.10. The molecule has 2 heterocycles. The topological polar surface area (TPSA) is 145 Å². The van der Waals surface area contributed by atoms with E-state index in [2.05, 4.69) is 16.3 Å². The third kappa shape index (κ3) is 3.65. The molecule has 10 nitrogen and oxygen atoms in total.